The summed E-state index contributed by atoms with van der Waals surface area (Å²) in [5, 5.41) is 2.95. The first-order chi connectivity index (χ1) is 13.0. The van der Waals surface area contributed by atoms with Gasteiger partial charge in [0, 0.05) is 24.5 Å². The van der Waals surface area contributed by atoms with Gasteiger partial charge < -0.3 is 19.9 Å². The first-order valence-corrected chi connectivity index (χ1v) is 9.16. The predicted octanol–water partition coefficient (Wildman–Crippen LogP) is 3.53. The summed E-state index contributed by atoms with van der Waals surface area (Å²) in [5.41, 5.74) is 2.67. The second kappa shape index (κ2) is 8.12. The molecule has 1 saturated heterocycles. The molecule has 0 radical (unpaired) electrons. The van der Waals surface area contributed by atoms with Crippen LogP contribution in [0.25, 0.3) is 0 Å². The van der Waals surface area contributed by atoms with Crippen LogP contribution in [0.4, 0.5) is 16.2 Å². The Hall–Kier alpha value is -3.02. The van der Waals surface area contributed by atoms with Crippen LogP contribution in [0, 0.1) is 0 Å². The molecule has 0 aliphatic carbocycles. The summed E-state index contributed by atoms with van der Waals surface area (Å²) in [6.45, 7) is 4.74. The van der Waals surface area contributed by atoms with Crippen LogP contribution in [0.1, 0.15) is 19.4 Å². The quantitative estimate of drug-likeness (QED) is 0.899. The average Bonchev–Trinajstić information content (AvgIpc) is 2.70. The summed E-state index contributed by atoms with van der Waals surface area (Å²) in [4.78, 5) is 28.9. The Morgan fingerprint density at radius 2 is 1.85 bits per heavy atom. The van der Waals surface area contributed by atoms with Crippen molar-refractivity contribution < 1.29 is 14.3 Å². The molecule has 0 spiro atoms. The fraction of sp³-hybridized carbons (Fsp3) is 0.333. The van der Waals surface area contributed by atoms with Crippen LogP contribution in [-0.4, -0.2) is 43.1 Å². The van der Waals surface area contributed by atoms with Crippen LogP contribution in [0.3, 0.4) is 0 Å². The number of nitrogens with zero attached hydrogens (tertiary/aromatic N) is 2. The normalized spacial score (nSPS) is 17.0. The Balaban J connectivity index is 1.71. The molecule has 6 heteroatoms. The zero-order chi connectivity index (χ0) is 19.4. The van der Waals surface area contributed by atoms with Gasteiger partial charge in [0.15, 0.2) is 0 Å². The lowest BCUT2D eigenvalue weighted by Crippen LogP contribution is -2.58. The molecule has 3 rings (SSSR count). The lowest BCUT2D eigenvalue weighted by Gasteiger charge is -2.39. The Labute approximate surface area is 159 Å². The van der Waals surface area contributed by atoms with E-state index in [0.29, 0.717) is 13.1 Å². The SMILES string of the molecule is CCc1ccccc1NC(=O)N1CCN(c2ccc(OC)cc2)C(=O)C1C. The molecule has 1 fully saturated rings. The molecule has 1 aliphatic rings. The predicted molar refractivity (Wildman–Crippen MR) is 106 cm³/mol. The van der Waals surface area contributed by atoms with E-state index in [1.54, 1.807) is 23.8 Å². The molecule has 6 nitrogen and oxygen atoms in total. The van der Waals surface area contributed by atoms with E-state index in [2.05, 4.69) is 5.32 Å². The molecule has 3 amide bonds. The molecule has 1 N–H and O–H groups in total. The van der Waals surface area contributed by atoms with E-state index < -0.39 is 6.04 Å². The van der Waals surface area contributed by atoms with E-state index in [1.165, 1.54) is 0 Å². The van der Waals surface area contributed by atoms with Gasteiger partial charge >= 0.3 is 6.03 Å². The zero-order valence-corrected chi connectivity index (χ0v) is 15.9. The van der Waals surface area contributed by atoms with Gasteiger partial charge in [0.25, 0.3) is 0 Å². The van der Waals surface area contributed by atoms with E-state index in [4.69, 9.17) is 4.74 Å². The number of hydrogen-bond acceptors (Lipinski definition) is 3. The van der Waals surface area contributed by atoms with Crippen LogP contribution >= 0.6 is 0 Å². The number of ether oxygens (including phenoxy) is 1. The zero-order valence-electron chi connectivity index (χ0n) is 15.9. The largest absolute Gasteiger partial charge is 0.497 e. The van der Waals surface area contributed by atoms with Crippen molar-refractivity contribution in [3.63, 3.8) is 0 Å². The van der Waals surface area contributed by atoms with Gasteiger partial charge in [-0.2, -0.15) is 0 Å². The van der Waals surface area contributed by atoms with Gasteiger partial charge in [-0.05, 0) is 49.2 Å². The highest BCUT2D eigenvalue weighted by atomic mass is 16.5. The maximum absolute atomic E-state index is 12.8. The van der Waals surface area contributed by atoms with E-state index in [0.717, 1.165) is 29.1 Å². The number of methoxy groups -OCH3 is 1. The van der Waals surface area contributed by atoms with Crippen molar-refractivity contribution in [3.8, 4) is 5.75 Å². The molecule has 1 atom stereocenters. The average molecular weight is 367 g/mol. The Morgan fingerprint density at radius 3 is 2.52 bits per heavy atom. The van der Waals surface area contributed by atoms with E-state index in [9.17, 15) is 9.59 Å². The summed E-state index contributed by atoms with van der Waals surface area (Å²) in [5.74, 6) is 0.650. The third-order valence-corrected chi connectivity index (χ3v) is 4.94. The second-order valence-corrected chi connectivity index (χ2v) is 6.50. The summed E-state index contributed by atoms with van der Waals surface area (Å²) < 4.78 is 5.16. The number of aryl methyl sites for hydroxylation is 1. The lowest BCUT2D eigenvalue weighted by atomic mass is 10.1. The fourth-order valence-electron chi connectivity index (χ4n) is 3.30. The molecular formula is C21H25N3O3. The number of carbonyl (C=O) groups excluding carboxylic acids is 2. The maximum atomic E-state index is 12.8. The number of carbonyl (C=O) groups is 2. The number of piperazine rings is 1. The Kier molecular flexibility index (Phi) is 5.64. The highest BCUT2D eigenvalue weighted by molar-refractivity contribution is 6.02. The van der Waals surface area contributed by atoms with Gasteiger partial charge in [0.05, 0.1) is 7.11 Å². The smallest absolute Gasteiger partial charge is 0.322 e. The minimum atomic E-state index is -0.533. The third-order valence-electron chi connectivity index (χ3n) is 4.94. The van der Waals surface area contributed by atoms with Crippen molar-refractivity contribution in [2.24, 2.45) is 0 Å². The molecular weight excluding hydrogens is 342 g/mol. The van der Waals surface area contributed by atoms with Gasteiger partial charge in [0.2, 0.25) is 5.91 Å². The van der Waals surface area contributed by atoms with Gasteiger partial charge in [-0.1, -0.05) is 25.1 Å². The summed E-state index contributed by atoms with van der Waals surface area (Å²) in [7, 11) is 1.61. The van der Waals surface area contributed by atoms with E-state index in [-0.39, 0.29) is 11.9 Å². The van der Waals surface area contributed by atoms with Crippen LogP contribution in [0.2, 0.25) is 0 Å². The standard InChI is InChI=1S/C21H25N3O3/c1-4-16-7-5-6-8-19(16)22-21(26)23-13-14-24(20(25)15(23)2)17-9-11-18(27-3)12-10-17/h5-12,15H,4,13-14H2,1-3H3,(H,22,26). The number of nitrogens with one attached hydrogen (secondary N) is 1. The molecule has 2 aromatic carbocycles. The Morgan fingerprint density at radius 1 is 1.15 bits per heavy atom. The molecule has 1 heterocycles. The lowest BCUT2D eigenvalue weighted by molar-refractivity contribution is -0.123. The van der Waals surface area contributed by atoms with Crippen molar-refractivity contribution in [2.45, 2.75) is 26.3 Å². The summed E-state index contributed by atoms with van der Waals surface area (Å²) in [6, 6.07) is 14.3. The van der Waals surface area contributed by atoms with Crippen LogP contribution in [0.15, 0.2) is 48.5 Å². The monoisotopic (exact) mass is 367 g/mol. The third kappa shape index (κ3) is 3.89. The van der Waals surface area contributed by atoms with E-state index in [1.807, 2.05) is 55.5 Å². The number of para-hydroxylation sites is 1. The highest BCUT2D eigenvalue weighted by Gasteiger charge is 2.35. The first-order valence-electron chi connectivity index (χ1n) is 9.16. The molecule has 2 aromatic rings. The number of amides is 3. The number of rotatable bonds is 4. The highest BCUT2D eigenvalue weighted by Crippen LogP contribution is 2.24. The molecule has 142 valence electrons. The molecule has 27 heavy (non-hydrogen) atoms. The molecule has 0 aromatic heterocycles. The second-order valence-electron chi connectivity index (χ2n) is 6.50. The number of benzene rings is 2. The van der Waals surface area contributed by atoms with E-state index >= 15 is 0 Å². The minimum absolute atomic E-state index is 0.0923. The van der Waals surface area contributed by atoms with Gasteiger partial charge in [-0.3, -0.25) is 4.79 Å². The van der Waals surface area contributed by atoms with Gasteiger partial charge in [-0.25, -0.2) is 4.79 Å². The van der Waals surface area contributed by atoms with Crippen LogP contribution < -0.4 is 15.0 Å². The van der Waals surface area contributed by atoms with Crippen molar-refractivity contribution in [1.82, 2.24) is 4.90 Å². The van der Waals surface area contributed by atoms with Crippen molar-refractivity contribution in [2.75, 3.05) is 30.4 Å². The van der Waals surface area contributed by atoms with Gasteiger partial charge in [-0.15, -0.1) is 0 Å². The first kappa shape index (κ1) is 18.8. The minimum Gasteiger partial charge on any atom is -0.497 e. The van der Waals surface area contributed by atoms with Gasteiger partial charge in [0.1, 0.15) is 11.8 Å². The molecule has 0 saturated carbocycles. The van der Waals surface area contributed by atoms with Crippen molar-refractivity contribution >= 4 is 23.3 Å². The topological polar surface area (TPSA) is 61.9 Å². The number of urea groups is 1. The number of hydrogen-bond donors (Lipinski definition) is 1. The number of anilines is 2. The van der Waals surface area contributed by atoms with Crippen LogP contribution in [-0.2, 0) is 11.2 Å². The molecule has 1 aliphatic heterocycles. The van der Waals surface area contributed by atoms with Crippen molar-refractivity contribution in [3.05, 3.63) is 54.1 Å². The molecule has 1 unspecified atom stereocenters. The summed E-state index contributed by atoms with van der Waals surface area (Å²) in [6.07, 6.45) is 0.830. The fourth-order valence-corrected chi connectivity index (χ4v) is 3.30. The van der Waals surface area contributed by atoms with Crippen molar-refractivity contribution in [1.29, 1.82) is 0 Å². The van der Waals surface area contributed by atoms with Crippen LogP contribution in [0.5, 0.6) is 5.75 Å². The maximum Gasteiger partial charge on any atom is 0.322 e. The molecule has 0 bridgehead atoms. The summed E-state index contributed by atoms with van der Waals surface area (Å²) >= 11 is 0. The Bertz CT molecular complexity index is 820.